The van der Waals surface area contributed by atoms with Crippen LogP contribution < -0.4 is 9.64 Å². The minimum absolute atomic E-state index is 0.0748. The van der Waals surface area contributed by atoms with Crippen molar-refractivity contribution in [3.63, 3.8) is 0 Å². The predicted octanol–water partition coefficient (Wildman–Crippen LogP) is 3.16. The van der Waals surface area contributed by atoms with Crippen LogP contribution in [0.25, 0.3) is 0 Å². The summed E-state index contributed by atoms with van der Waals surface area (Å²) in [6.45, 7) is 4.02. The molecule has 0 spiro atoms. The Morgan fingerprint density at radius 1 is 1.18 bits per heavy atom. The molecule has 0 heterocycles. The highest BCUT2D eigenvalue weighted by molar-refractivity contribution is 5.94. The van der Waals surface area contributed by atoms with Gasteiger partial charge in [0.05, 0.1) is 11.6 Å². The highest BCUT2D eigenvalue weighted by Crippen LogP contribution is 2.15. The lowest BCUT2D eigenvalue weighted by Crippen LogP contribution is -2.35. The second-order valence-corrected chi connectivity index (χ2v) is 4.55. The normalized spacial score (nSPS) is 9.59. The summed E-state index contributed by atoms with van der Waals surface area (Å²) < 4.78 is 5.48. The Morgan fingerprint density at radius 3 is 2.45 bits per heavy atom. The van der Waals surface area contributed by atoms with Gasteiger partial charge < -0.3 is 9.64 Å². The molecule has 4 nitrogen and oxygen atoms in total. The topological polar surface area (TPSA) is 53.3 Å². The van der Waals surface area contributed by atoms with E-state index in [1.165, 1.54) is 0 Å². The first-order valence-electron chi connectivity index (χ1n) is 6.84. The number of anilines is 1. The molecule has 0 radical (unpaired) electrons. The Labute approximate surface area is 129 Å². The van der Waals surface area contributed by atoms with Crippen molar-refractivity contribution in [2.24, 2.45) is 0 Å². The second-order valence-electron chi connectivity index (χ2n) is 4.55. The molecule has 110 valence electrons. The van der Waals surface area contributed by atoms with Crippen LogP contribution in [-0.4, -0.2) is 19.1 Å². The van der Waals surface area contributed by atoms with Crippen molar-refractivity contribution < 1.29 is 9.53 Å². The van der Waals surface area contributed by atoms with E-state index in [0.29, 0.717) is 17.9 Å². The fourth-order valence-corrected chi connectivity index (χ4v) is 1.94. The van der Waals surface area contributed by atoms with E-state index in [1.54, 1.807) is 35.2 Å². The Hall–Kier alpha value is -3.06. The van der Waals surface area contributed by atoms with Crippen LogP contribution in [0.4, 0.5) is 5.69 Å². The van der Waals surface area contributed by atoms with E-state index < -0.39 is 0 Å². The summed E-state index contributed by atoms with van der Waals surface area (Å²) in [6, 6.07) is 18.1. The molecule has 0 aliphatic rings. The van der Waals surface area contributed by atoms with Gasteiger partial charge in [0.1, 0.15) is 5.75 Å². The summed E-state index contributed by atoms with van der Waals surface area (Å²) in [7, 11) is 0. The summed E-state index contributed by atoms with van der Waals surface area (Å²) in [5.74, 6) is 0.398. The molecule has 0 saturated heterocycles. The molecule has 0 atom stereocenters. The fourth-order valence-electron chi connectivity index (χ4n) is 1.94. The van der Waals surface area contributed by atoms with Gasteiger partial charge in [0.15, 0.2) is 6.61 Å². The zero-order valence-corrected chi connectivity index (χ0v) is 12.1. The molecular formula is C18H16N2O2. The minimum Gasteiger partial charge on any atom is -0.484 e. The maximum absolute atomic E-state index is 12.3. The van der Waals surface area contributed by atoms with Gasteiger partial charge in [0, 0.05) is 12.2 Å². The van der Waals surface area contributed by atoms with E-state index in [9.17, 15) is 4.79 Å². The highest BCUT2D eigenvalue weighted by atomic mass is 16.5. The predicted molar refractivity (Wildman–Crippen MR) is 85.6 cm³/mol. The Kier molecular flexibility index (Phi) is 5.33. The number of rotatable bonds is 6. The molecule has 22 heavy (non-hydrogen) atoms. The third kappa shape index (κ3) is 3.97. The molecule has 1 amide bonds. The SMILES string of the molecule is C=CCN(C(=O)COc1ccc(C#N)cc1)c1ccccc1. The average Bonchev–Trinajstić information content (AvgIpc) is 2.58. The van der Waals surface area contributed by atoms with Crippen LogP contribution in [0.1, 0.15) is 5.56 Å². The summed E-state index contributed by atoms with van der Waals surface area (Å²) in [4.78, 5) is 13.9. The maximum Gasteiger partial charge on any atom is 0.265 e. The molecule has 0 aliphatic heterocycles. The molecule has 0 saturated carbocycles. The molecule has 4 heteroatoms. The molecule has 0 aliphatic carbocycles. The molecule has 2 aromatic carbocycles. The molecule has 0 fully saturated rings. The number of nitrogens with zero attached hydrogens (tertiary/aromatic N) is 2. The number of nitriles is 1. The van der Waals surface area contributed by atoms with Crippen LogP contribution in [-0.2, 0) is 4.79 Å². The van der Waals surface area contributed by atoms with E-state index in [1.807, 2.05) is 36.4 Å². The number of carbonyl (C=O) groups is 1. The van der Waals surface area contributed by atoms with Crippen molar-refractivity contribution in [3.05, 3.63) is 72.8 Å². The third-order valence-electron chi connectivity index (χ3n) is 3.03. The van der Waals surface area contributed by atoms with E-state index in [4.69, 9.17) is 10.00 Å². The Morgan fingerprint density at radius 2 is 1.86 bits per heavy atom. The van der Waals surface area contributed by atoms with Gasteiger partial charge in [0.2, 0.25) is 0 Å². The van der Waals surface area contributed by atoms with Gasteiger partial charge in [-0.25, -0.2) is 0 Å². The lowest BCUT2D eigenvalue weighted by atomic mass is 10.2. The van der Waals surface area contributed by atoms with Gasteiger partial charge in [0.25, 0.3) is 5.91 Å². The summed E-state index contributed by atoms with van der Waals surface area (Å²) in [6.07, 6.45) is 1.67. The smallest absolute Gasteiger partial charge is 0.265 e. The van der Waals surface area contributed by atoms with Gasteiger partial charge >= 0.3 is 0 Å². The molecule has 0 unspecified atom stereocenters. The van der Waals surface area contributed by atoms with Gasteiger partial charge in [-0.2, -0.15) is 5.26 Å². The summed E-state index contributed by atoms with van der Waals surface area (Å²) in [5.41, 5.74) is 1.35. The van der Waals surface area contributed by atoms with Crippen molar-refractivity contribution in [3.8, 4) is 11.8 Å². The highest BCUT2D eigenvalue weighted by Gasteiger charge is 2.14. The first-order valence-corrected chi connectivity index (χ1v) is 6.84. The van der Waals surface area contributed by atoms with Gasteiger partial charge in [-0.1, -0.05) is 24.3 Å². The average molecular weight is 292 g/mol. The summed E-state index contributed by atoms with van der Waals surface area (Å²) in [5, 5.41) is 8.74. The quantitative estimate of drug-likeness (QED) is 0.768. The molecule has 2 rings (SSSR count). The molecule has 0 aromatic heterocycles. The van der Waals surface area contributed by atoms with Crippen molar-refractivity contribution >= 4 is 11.6 Å². The summed E-state index contributed by atoms with van der Waals surface area (Å²) >= 11 is 0. The van der Waals surface area contributed by atoms with Gasteiger partial charge in [-0.15, -0.1) is 6.58 Å². The van der Waals surface area contributed by atoms with Crippen LogP contribution in [0, 0.1) is 11.3 Å². The van der Waals surface area contributed by atoms with E-state index in [2.05, 4.69) is 6.58 Å². The van der Waals surface area contributed by atoms with Crippen LogP contribution in [0.15, 0.2) is 67.3 Å². The van der Waals surface area contributed by atoms with Crippen LogP contribution >= 0.6 is 0 Å². The number of para-hydroxylation sites is 1. The lowest BCUT2D eigenvalue weighted by Gasteiger charge is -2.21. The van der Waals surface area contributed by atoms with E-state index in [-0.39, 0.29) is 12.5 Å². The number of ether oxygens (including phenoxy) is 1. The first-order chi connectivity index (χ1) is 10.7. The minimum atomic E-state index is -0.157. The van der Waals surface area contributed by atoms with Crippen LogP contribution in [0.2, 0.25) is 0 Å². The number of benzene rings is 2. The Bertz CT molecular complexity index is 672. The number of amides is 1. The van der Waals surface area contributed by atoms with E-state index in [0.717, 1.165) is 5.69 Å². The van der Waals surface area contributed by atoms with Gasteiger partial charge in [-0.05, 0) is 36.4 Å². The lowest BCUT2D eigenvalue weighted by molar-refractivity contribution is -0.120. The zero-order valence-electron chi connectivity index (χ0n) is 12.1. The van der Waals surface area contributed by atoms with Crippen molar-refractivity contribution in [1.29, 1.82) is 5.26 Å². The van der Waals surface area contributed by atoms with Crippen LogP contribution in [0.3, 0.4) is 0 Å². The fraction of sp³-hybridized carbons (Fsp3) is 0.111. The number of hydrogen-bond donors (Lipinski definition) is 0. The van der Waals surface area contributed by atoms with Crippen molar-refractivity contribution in [2.45, 2.75) is 0 Å². The third-order valence-corrected chi connectivity index (χ3v) is 3.03. The van der Waals surface area contributed by atoms with E-state index >= 15 is 0 Å². The van der Waals surface area contributed by atoms with Crippen molar-refractivity contribution in [1.82, 2.24) is 0 Å². The molecule has 0 N–H and O–H groups in total. The number of carbonyl (C=O) groups excluding carboxylic acids is 1. The largest absolute Gasteiger partial charge is 0.484 e. The molecular weight excluding hydrogens is 276 g/mol. The second kappa shape index (κ2) is 7.65. The monoisotopic (exact) mass is 292 g/mol. The van der Waals surface area contributed by atoms with Gasteiger partial charge in [-0.3, -0.25) is 4.79 Å². The van der Waals surface area contributed by atoms with Crippen LogP contribution in [0.5, 0.6) is 5.75 Å². The standard InChI is InChI=1S/C18H16N2O2/c1-2-12-20(16-6-4-3-5-7-16)18(21)14-22-17-10-8-15(13-19)9-11-17/h2-11H,1,12,14H2. The Balaban J connectivity index is 2.02. The molecule has 0 bridgehead atoms. The number of hydrogen-bond acceptors (Lipinski definition) is 3. The maximum atomic E-state index is 12.3. The molecule has 2 aromatic rings. The zero-order chi connectivity index (χ0) is 15.8. The first kappa shape index (κ1) is 15.3. The van der Waals surface area contributed by atoms with Crippen molar-refractivity contribution in [2.75, 3.05) is 18.1 Å².